The van der Waals surface area contributed by atoms with Gasteiger partial charge in [-0.05, 0) is 37.9 Å². The van der Waals surface area contributed by atoms with Crippen molar-refractivity contribution in [2.45, 2.75) is 31.2 Å². The van der Waals surface area contributed by atoms with Crippen LogP contribution in [-0.2, 0) is 0 Å². The Morgan fingerprint density at radius 1 is 1.29 bits per heavy atom. The van der Waals surface area contributed by atoms with E-state index in [2.05, 4.69) is 20.7 Å². The van der Waals surface area contributed by atoms with Crippen molar-refractivity contribution in [1.29, 1.82) is 0 Å². The minimum Gasteiger partial charge on any atom is -0.345 e. The Bertz CT molecular complexity index is 738. The van der Waals surface area contributed by atoms with Gasteiger partial charge in [-0.25, -0.2) is 9.67 Å². The van der Waals surface area contributed by atoms with Crippen LogP contribution in [0.2, 0.25) is 5.02 Å². The SMILES string of the molecule is Cl.O=C(NC1CCNC1)c1nc(C2CC2)n(-c2ccccc2Cl)n1. The van der Waals surface area contributed by atoms with Crippen LogP contribution in [0.4, 0.5) is 0 Å². The number of para-hydroxylation sites is 1. The van der Waals surface area contributed by atoms with Crippen LogP contribution in [0.15, 0.2) is 24.3 Å². The number of amides is 1. The predicted molar refractivity (Wildman–Crippen MR) is 94.3 cm³/mol. The highest BCUT2D eigenvalue weighted by Crippen LogP contribution is 2.40. The molecule has 6 nitrogen and oxygen atoms in total. The Labute approximate surface area is 151 Å². The van der Waals surface area contributed by atoms with Gasteiger partial charge in [0.1, 0.15) is 5.82 Å². The third-order valence-electron chi connectivity index (χ3n) is 4.25. The van der Waals surface area contributed by atoms with E-state index in [0.29, 0.717) is 10.9 Å². The number of aromatic nitrogens is 3. The summed E-state index contributed by atoms with van der Waals surface area (Å²) in [4.78, 5) is 16.9. The highest BCUT2D eigenvalue weighted by atomic mass is 35.5. The average molecular weight is 368 g/mol. The summed E-state index contributed by atoms with van der Waals surface area (Å²) in [5.41, 5.74) is 0.769. The van der Waals surface area contributed by atoms with Crippen LogP contribution in [0, 0.1) is 0 Å². The van der Waals surface area contributed by atoms with Crippen molar-refractivity contribution in [3.05, 3.63) is 40.9 Å². The minimum atomic E-state index is -0.216. The molecule has 1 aromatic carbocycles. The maximum Gasteiger partial charge on any atom is 0.291 e. The first-order valence-electron chi connectivity index (χ1n) is 7.96. The number of halogens is 2. The van der Waals surface area contributed by atoms with Gasteiger partial charge in [0.2, 0.25) is 5.82 Å². The molecule has 1 aliphatic carbocycles. The van der Waals surface area contributed by atoms with Crippen molar-refractivity contribution < 1.29 is 4.79 Å². The van der Waals surface area contributed by atoms with Crippen molar-refractivity contribution in [2.75, 3.05) is 13.1 Å². The lowest BCUT2D eigenvalue weighted by atomic mass is 10.2. The zero-order chi connectivity index (χ0) is 15.8. The molecule has 1 saturated heterocycles. The molecule has 2 fully saturated rings. The van der Waals surface area contributed by atoms with Crippen LogP contribution in [0.5, 0.6) is 0 Å². The summed E-state index contributed by atoms with van der Waals surface area (Å²) in [7, 11) is 0. The summed E-state index contributed by atoms with van der Waals surface area (Å²) in [5.74, 6) is 1.20. The fourth-order valence-corrected chi connectivity index (χ4v) is 3.07. The molecule has 0 spiro atoms. The second kappa shape index (κ2) is 7.09. The van der Waals surface area contributed by atoms with Crippen molar-refractivity contribution in [3.63, 3.8) is 0 Å². The van der Waals surface area contributed by atoms with Gasteiger partial charge in [0.25, 0.3) is 5.91 Å². The van der Waals surface area contributed by atoms with Crippen LogP contribution in [0.3, 0.4) is 0 Å². The molecule has 1 aromatic heterocycles. The van der Waals surface area contributed by atoms with Crippen molar-refractivity contribution in [2.24, 2.45) is 0 Å². The van der Waals surface area contributed by atoms with Crippen LogP contribution in [0.25, 0.3) is 5.69 Å². The van der Waals surface area contributed by atoms with E-state index >= 15 is 0 Å². The molecule has 1 unspecified atom stereocenters. The normalized spacial score (nSPS) is 19.8. The first-order valence-corrected chi connectivity index (χ1v) is 8.33. The van der Waals surface area contributed by atoms with Crippen molar-refractivity contribution in [1.82, 2.24) is 25.4 Å². The van der Waals surface area contributed by atoms with Gasteiger partial charge >= 0.3 is 0 Å². The topological polar surface area (TPSA) is 71.8 Å². The number of carbonyl (C=O) groups is 1. The molecule has 128 valence electrons. The van der Waals surface area contributed by atoms with Crippen molar-refractivity contribution in [3.8, 4) is 5.69 Å². The van der Waals surface area contributed by atoms with Gasteiger partial charge in [0.15, 0.2) is 0 Å². The lowest BCUT2D eigenvalue weighted by molar-refractivity contribution is 0.0929. The highest BCUT2D eigenvalue weighted by Gasteiger charge is 2.32. The third kappa shape index (κ3) is 3.41. The predicted octanol–water partition coefficient (Wildman–Crippen LogP) is 2.31. The fraction of sp³-hybridized carbons (Fsp3) is 0.438. The van der Waals surface area contributed by atoms with E-state index < -0.39 is 0 Å². The molecule has 4 rings (SSSR count). The lowest BCUT2D eigenvalue weighted by Gasteiger charge is -2.08. The Morgan fingerprint density at radius 2 is 2.08 bits per heavy atom. The lowest BCUT2D eigenvalue weighted by Crippen LogP contribution is -2.36. The monoisotopic (exact) mass is 367 g/mol. The number of hydrogen-bond acceptors (Lipinski definition) is 4. The molecule has 2 heterocycles. The molecule has 1 atom stereocenters. The second-order valence-electron chi connectivity index (χ2n) is 6.09. The van der Waals surface area contributed by atoms with Crippen molar-refractivity contribution >= 4 is 29.9 Å². The molecule has 24 heavy (non-hydrogen) atoms. The third-order valence-corrected chi connectivity index (χ3v) is 4.57. The Kier molecular flexibility index (Phi) is 5.08. The number of nitrogens with one attached hydrogen (secondary N) is 2. The second-order valence-corrected chi connectivity index (χ2v) is 6.50. The van der Waals surface area contributed by atoms with Crippen LogP contribution in [0.1, 0.15) is 41.6 Å². The smallest absolute Gasteiger partial charge is 0.291 e. The number of carbonyl (C=O) groups excluding carboxylic acids is 1. The minimum absolute atomic E-state index is 0. The van der Waals surface area contributed by atoms with Crippen LogP contribution >= 0.6 is 24.0 Å². The van der Waals surface area contributed by atoms with E-state index in [9.17, 15) is 4.79 Å². The molecular formula is C16H19Cl2N5O. The fourth-order valence-electron chi connectivity index (χ4n) is 2.85. The Balaban J connectivity index is 0.00000169. The highest BCUT2D eigenvalue weighted by molar-refractivity contribution is 6.32. The molecule has 8 heteroatoms. The largest absolute Gasteiger partial charge is 0.345 e. The van der Waals surface area contributed by atoms with Gasteiger partial charge in [0.05, 0.1) is 10.7 Å². The quantitative estimate of drug-likeness (QED) is 0.869. The van der Waals surface area contributed by atoms with Gasteiger partial charge in [-0.15, -0.1) is 17.5 Å². The van der Waals surface area contributed by atoms with Crippen LogP contribution in [-0.4, -0.2) is 39.8 Å². The molecule has 1 saturated carbocycles. The van der Waals surface area contributed by atoms with E-state index in [1.807, 2.05) is 24.3 Å². The zero-order valence-electron chi connectivity index (χ0n) is 13.0. The molecule has 1 aliphatic heterocycles. The van der Waals surface area contributed by atoms with E-state index in [1.54, 1.807) is 4.68 Å². The molecular weight excluding hydrogens is 349 g/mol. The molecule has 1 amide bonds. The number of benzene rings is 1. The molecule has 2 N–H and O–H groups in total. The summed E-state index contributed by atoms with van der Waals surface area (Å²) < 4.78 is 1.72. The van der Waals surface area contributed by atoms with Crippen LogP contribution < -0.4 is 10.6 Å². The molecule has 0 radical (unpaired) electrons. The first-order chi connectivity index (χ1) is 11.2. The summed E-state index contributed by atoms with van der Waals surface area (Å²) >= 11 is 6.28. The average Bonchev–Trinajstić information content (AvgIpc) is 3.09. The Hall–Kier alpha value is -1.63. The van der Waals surface area contributed by atoms with E-state index in [-0.39, 0.29) is 30.2 Å². The molecule has 0 bridgehead atoms. The number of hydrogen-bond donors (Lipinski definition) is 2. The van der Waals surface area contributed by atoms with Gasteiger partial charge in [-0.3, -0.25) is 4.79 Å². The van der Waals surface area contributed by atoms with E-state index in [0.717, 1.165) is 43.9 Å². The number of rotatable bonds is 4. The summed E-state index contributed by atoms with van der Waals surface area (Å²) in [6.45, 7) is 1.73. The van der Waals surface area contributed by atoms with Gasteiger partial charge < -0.3 is 10.6 Å². The zero-order valence-corrected chi connectivity index (χ0v) is 14.6. The molecule has 2 aliphatic rings. The first kappa shape index (κ1) is 17.2. The summed E-state index contributed by atoms with van der Waals surface area (Å²) in [6.07, 6.45) is 3.10. The molecule has 2 aromatic rings. The standard InChI is InChI=1S/C16H18ClN5O.ClH/c17-12-3-1-2-4-13(12)22-15(10-5-6-10)20-14(21-22)16(23)19-11-7-8-18-9-11;/h1-4,10-11,18H,5-9H2,(H,19,23);1H. The summed E-state index contributed by atoms with van der Waals surface area (Å²) in [5, 5.41) is 11.3. The van der Waals surface area contributed by atoms with Gasteiger partial charge in [0, 0.05) is 18.5 Å². The van der Waals surface area contributed by atoms with E-state index in [4.69, 9.17) is 11.6 Å². The Morgan fingerprint density at radius 3 is 2.75 bits per heavy atom. The van der Waals surface area contributed by atoms with Gasteiger partial charge in [-0.2, -0.15) is 0 Å². The maximum absolute atomic E-state index is 12.4. The maximum atomic E-state index is 12.4. The number of nitrogens with zero attached hydrogens (tertiary/aromatic N) is 3. The summed E-state index contributed by atoms with van der Waals surface area (Å²) in [6, 6.07) is 7.65. The van der Waals surface area contributed by atoms with Gasteiger partial charge in [-0.1, -0.05) is 23.7 Å². The van der Waals surface area contributed by atoms with E-state index in [1.165, 1.54) is 0 Å².